The number of amides is 1. The zero-order valence-electron chi connectivity index (χ0n) is 14.8. The molecule has 1 unspecified atom stereocenters. The monoisotopic (exact) mass is 368 g/mol. The third kappa shape index (κ3) is 4.23. The lowest BCUT2D eigenvalue weighted by atomic mass is 10.1. The van der Waals surface area contributed by atoms with Gasteiger partial charge in [-0.25, -0.2) is 10.4 Å². The molecule has 0 aliphatic heterocycles. The number of hydrogen-bond acceptors (Lipinski definition) is 5. The molecule has 134 valence electrons. The van der Waals surface area contributed by atoms with Gasteiger partial charge >= 0.3 is 0 Å². The average Bonchev–Trinajstić information content (AvgIpc) is 3.08. The molecule has 1 aromatic heterocycles. The Bertz CT molecular complexity index is 901. The molecule has 2 aromatic carbocycles. The van der Waals surface area contributed by atoms with Crippen molar-refractivity contribution in [3.8, 4) is 5.75 Å². The molecule has 3 aromatic rings. The number of hydrazone groups is 1. The average molecular weight is 368 g/mol. The van der Waals surface area contributed by atoms with Crippen molar-refractivity contribution in [1.82, 2.24) is 15.4 Å². The highest BCUT2D eigenvalue weighted by Gasteiger charge is 2.16. The van der Waals surface area contributed by atoms with Gasteiger partial charge in [-0.3, -0.25) is 4.79 Å². The SMILES string of the molecule is COc1ccc(C(C)=NNC(=O)C(C)Sc2nc3ccccc3[nH]2)cc1. The molecule has 0 saturated heterocycles. The molecule has 1 atom stereocenters. The first-order chi connectivity index (χ1) is 12.6. The zero-order chi connectivity index (χ0) is 18.5. The van der Waals surface area contributed by atoms with Crippen LogP contribution in [-0.2, 0) is 4.79 Å². The number of ether oxygens (including phenoxy) is 1. The van der Waals surface area contributed by atoms with Gasteiger partial charge in [0.25, 0.3) is 5.91 Å². The topological polar surface area (TPSA) is 79.4 Å². The van der Waals surface area contributed by atoms with E-state index in [0.29, 0.717) is 5.16 Å². The fraction of sp³-hybridized carbons (Fsp3) is 0.211. The van der Waals surface area contributed by atoms with Crippen LogP contribution in [0.25, 0.3) is 11.0 Å². The molecule has 0 saturated carbocycles. The van der Waals surface area contributed by atoms with E-state index in [2.05, 4.69) is 20.5 Å². The molecule has 6 nitrogen and oxygen atoms in total. The molecular weight excluding hydrogens is 348 g/mol. The summed E-state index contributed by atoms with van der Waals surface area (Å²) in [4.78, 5) is 20.0. The van der Waals surface area contributed by atoms with Crippen molar-refractivity contribution in [3.63, 3.8) is 0 Å². The van der Waals surface area contributed by atoms with Gasteiger partial charge in [0, 0.05) is 0 Å². The van der Waals surface area contributed by atoms with Crippen molar-refractivity contribution in [2.75, 3.05) is 7.11 Å². The second-order valence-corrected chi connectivity index (χ2v) is 7.05. The summed E-state index contributed by atoms with van der Waals surface area (Å²) in [6.07, 6.45) is 0. The molecule has 0 spiro atoms. The van der Waals surface area contributed by atoms with E-state index in [1.54, 1.807) is 7.11 Å². The number of H-pyrrole nitrogens is 1. The minimum absolute atomic E-state index is 0.177. The van der Waals surface area contributed by atoms with E-state index in [4.69, 9.17) is 4.74 Å². The number of para-hydroxylation sites is 2. The Hall–Kier alpha value is -2.80. The highest BCUT2D eigenvalue weighted by atomic mass is 32.2. The van der Waals surface area contributed by atoms with Gasteiger partial charge in [-0.05, 0) is 55.8 Å². The maximum absolute atomic E-state index is 12.3. The Labute approximate surface area is 156 Å². The summed E-state index contributed by atoms with van der Waals surface area (Å²) in [6.45, 7) is 3.67. The molecule has 26 heavy (non-hydrogen) atoms. The molecule has 0 bridgehead atoms. The van der Waals surface area contributed by atoms with E-state index in [-0.39, 0.29) is 11.2 Å². The van der Waals surface area contributed by atoms with Gasteiger partial charge in [-0.1, -0.05) is 23.9 Å². The van der Waals surface area contributed by atoms with Crippen molar-refractivity contribution >= 4 is 34.4 Å². The number of hydrogen-bond donors (Lipinski definition) is 2. The lowest BCUT2D eigenvalue weighted by Gasteiger charge is -2.08. The van der Waals surface area contributed by atoms with Crippen LogP contribution >= 0.6 is 11.8 Å². The van der Waals surface area contributed by atoms with Gasteiger partial charge in [0.1, 0.15) is 5.75 Å². The Morgan fingerprint density at radius 2 is 1.96 bits per heavy atom. The smallest absolute Gasteiger partial charge is 0.253 e. The molecule has 0 aliphatic rings. The van der Waals surface area contributed by atoms with Crippen LogP contribution in [0.3, 0.4) is 0 Å². The predicted octanol–water partition coefficient (Wildman–Crippen LogP) is 3.59. The molecule has 0 fully saturated rings. The van der Waals surface area contributed by atoms with Crippen molar-refractivity contribution < 1.29 is 9.53 Å². The highest BCUT2D eigenvalue weighted by Crippen LogP contribution is 2.23. The van der Waals surface area contributed by atoms with Gasteiger partial charge in [0.05, 0.1) is 29.1 Å². The van der Waals surface area contributed by atoms with Crippen LogP contribution in [0.15, 0.2) is 58.8 Å². The molecule has 0 radical (unpaired) electrons. The summed E-state index contributed by atoms with van der Waals surface area (Å²) in [7, 11) is 1.62. The van der Waals surface area contributed by atoms with Crippen LogP contribution in [0.2, 0.25) is 0 Å². The van der Waals surface area contributed by atoms with Crippen LogP contribution < -0.4 is 10.2 Å². The molecule has 7 heteroatoms. The number of benzene rings is 2. The fourth-order valence-corrected chi connectivity index (χ4v) is 3.15. The Balaban J connectivity index is 1.60. The van der Waals surface area contributed by atoms with E-state index in [1.807, 2.05) is 62.4 Å². The summed E-state index contributed by atoms with van der Waals surface area (Å²) in [5.74, 6) is 0.602. The molecule has 2 N–H and O–H groups in total. The number of aromatic amines is 1. The Kier molecular flexibility index (Phi) is 5.58. The quantitative estimate of drug-likeness (QED) is 0.396. The zero-order valence-corrected chi connectivity index (χ0v) is 15.6. The highest BCUT2D eigenvalue weighted by molar-refractivity contribution is 8.00. The first-order valence-electron chi connectivity index (χ1n) is 8.17. The van der Waals surface area contributed by atoms with Crippen molar-refractivity contribution in [2.24, 2.45) is 5.10 Å². The van der Waals surface area contributed by atoms with E-state index >= 15 is 0 Å². The summed E-state index contributed by atoms with van der Waals surface area (Å²) in [6, 6.07) is 15.3. The van der Waals surface area contributed by atoms with Gasteiger partial charge < -0.3 is 9.72 Å². The second kappa shape index (κ2) is 8.05. The van der Waals surface area contributed by atoms with Gasteiger partial charge in [0.15, 0.2) is 5.16 Å². The summed E-state index contributed by atoms with van der Waals surface area (Å²) < 4.78 is 5.14. The lowest BCUT2D eigenvalue weighted by molar-refractivity contribution is -0.120. The Morgan fingerprint density at radius 3 is 2.65 bits per heavy atom. The van der Waals surface area contributed by atoms with Gasteiger partial charge in [-0.15, -0.1) is 0 Å². The maximum Gasteiger partial charge on any atom is 0.253 e. The van der Waals surface area contributed by atoms with E-state index in [9.17, 15) is 4.79 Å². The van der Waals surface area contributed by atoms with Gasteiger partial charge in [-0.2, -0.15) is 5.10 Å². The maximum atomic E-state index is 12.3. The second-order valence-electron chi connectivity index (χ2n) is 5.72. The number of carbonyl (C=O) groups excluding carboxylic acids is 1. The summed E-state index contributed by atoms with van der Waals surface area (Å²) >= 11 is 1.37. The molecule has 3 rings (SSSR count). The molecule has 0 aliphatic carbocycles. The normalized spacial score (nSPS) is 12.8. The molecule has 1 amide bonds. The van der Waals surface area contributed by atoms with Crippen molar-refractivity contribution in [2.45, 2.75) is 24.3 Å². The van der Waals surface area contributed by atoms with E-state index in [0.717, 1.165) is 28.1 Å². The van der Waals surface area contributed by atoms with Crippen molar-refractivity contribution in [1.29, 1.82) is 0 Å². The third-order valence-electron chi connectivity index (χ3n) is 3.87. The number of nitrogens with one attached hydrogen (secondary N) is 2. The van der Waals surface area contributed by atoms with Crippen molar-refractivity contribution in [3.05, 3.63) is 54.1 Å². The summed E-state index contributed by atoms with van der Waals surface area (Å²) in [5, 5.41) is 4.57. The van der Waals surface area contributed by atoms with E-state index in [1.165, 1.54) is 11.8 Å². The first kappa shape index (κ1) is 18.0. The van der Waals surface area contributed by atoms with E-state index < -0.39 is 0 Å². The Morgan fingerprint density at radius 1 is 1.23 bits per heavy atom. The van der Waals surface area contributed by atoms with Crippen LogP contribution in [-0.4, -0.2) is 33.9 Å². The number of aromatic nitrogens is 2. The number of carbonyl (C=O) groups is 1. The summed E-state index contributed by atoms with van der Waals surface area (Å²) in [5.41, 5.74) is 6.10. The van der Waals surface area contributed by atoms with Crippen LogP contribution in [0.1, 0.15) is 19.4 Å². The molecular formula is C19H20N4O2S. The fourth-order valence-electron chi connectivity index (χ4n) is 2.33. The number of thioether (sulfide) groups is 1. The first-order valence-corrected chi connectivity index (χ1v) is 9.05. The standard InChI is InChI=1S/C19H20N4O2S/c1-12(14-8-10-15(25-3)11-9-14)22-23-18(24)13(2)26-19-20-16-6-4-5-7-17(16)21-19/h4-11,13H,1-3H3,(H,20,21)(H,23,24). The number of fused-ring (bicyclic) bond motifs is 1. The minimum Gasteiger partial charge on any atom is -0.497 e. The lowest BCUT2D eigenvalue weighted by Crippen LogP contribution is -2.27. The number of methoxy groups -OCH3 is 1. The number of nitrogens with zero attached hydrogens (tertiary/aromatic N) is 2. The minimum atomic E-state index is -0.331. The van der Waals surface area contributed by atoms with Crippen LogP contribution in [0.5, 0.6) is 5.75 Å². The van der Waals surface area contributed by atoms with Crippen LogP contribution in [0.4, 0.5) is 0 Å². The predicted molar refractivity (Wildman–Crippen MR) is 105 cm³/mol. The third-order valence-corrected chi connectivity index (χ3v) is 4.85. The number of rotatable bonds is 6. The largest absolute Gasteiger partial charge is 0.497 e. The molecule has 1 heterocycles. The number of imidazole rings is 1. The van der Waals surface area contributed by atoms with Gasteiger partial charge in [0.2, 0.25) is 0 Å². The van der Waals surface area contributed by atoms with Crippen LogP contribution in [0, 0.1) is 0 Å².